The van der Waals surface area contributed by atoms with Gasteiger partial charge in [-0.2, -0.15) is 0 Å². The average Bonchev–Trinajstić information content (AvgIpc) is 3.06. The molecule has 3 rings (SSSR count). The average molecular weight is 678 g/mol. The van der Waals surface area contributed by atoms with Crippen molar-refractivity contribution in [1.29, 1.82) is 0 Å². The monoisotopic (exact) mass is 677 g/mol. The molecular weight excluding hydrogens is 629 g/mol. The van der Waals surface area contributed by atoms with E-state index in [9.17, 15) is 24.4 Å². The zero-order valence-electron chi connectivity index (χ0n) is 29.2. The van der Waals surface area contributed by atoms with Crippen LogP contribution in [0, 0.1) is 11.8 Å². The van der Waals surface area contributed by atoms with Crippen LogP contribution >= 0.6 is 0 Å². The molecule has 3 aromatic rings. The van der Waals surface area contributed by atoms with E-state index < -0.39 is 42.9 Å². The first kappa shape index (κ1) is 38.7. The third-order valence-electron chi connectivity index (χ3n) is 7.72. The topological polar surface area (TPSA) is 165 Å². The Morgan fingerprint density at radius 3 is 1.92 bits per heavy atom. The van der Waals surface area contributed by atoms with Crippen LogP contribution in [0.4, 0.5) is 0 Å². The second-order valence-electron chi connectivity index (χ2n) is 12.5. The van der Waals surface area contributed by atoms with Crippen LogP contribution in [0.1, 0.15) is 45.2 Å². The first-order chi connectivity index (χ1) is 23.3. The van der Waals surface area contributed by atoms with E-state index in [1.807, 2.05) is 44.2 Å². The fraction of sp³-hybridized carbons (Fsp3) is 0.417. The molecule has 0 aliphatic rings. The summed E-state index contributed by atoms with van der Waals surface area (Å²) < 4.78 is 22.3. The lowest BCUT2D eigenvalue weighted by Gasteiger charge is -2.28. The van der Waals surface area contributed by atoms with Crippen molar-refractivity contribution in [2.24, 2.45) is 11.8 Å². The van der Waals surface area contributed by atoms with Gasteiger partial charge in [-0.1, -0.05) is 58.0 Å². The van der Waals surface area contributed by atoms with Gasteiger partial charge in [0, 0.05) is 6.42 Å². The van der Waals surface area contributed by atoms with Crippen LogP contribution in [0.2, 0.25) is 0 Å². The third kappa shape index (κ3) is 11.7. The number of hydrogen-bond donors (Lipinski definition) is 5. The molecule has 0 aliphatic carbocycles. The Bertz CT molecular complexity index is 1510. The van der Waals surface area contributed by atoms with E-state index >= 15 is 0 Å². The summed E-state index contributed by atoms with van der Waals surface area (Å²) in [6.07, 6.45) is 0.285. The van der Waals surface area contributed by atoms with Crippen LogP contribution < -0.4 is 34.9 Å². The van der Waals surface area contributed by atoms with E-state index in [1.165, 1.54) is 21.3 Å². The number of rotatable bonds is 18. The number of methoxy groups -OCH3 is 3. The predicted octanol–water partition coefficient (Wildman–Crippen LogP) is 3.46. The number of amides is 3. The molecule has 0 fully saturated rings. The van der Waals surface area contributed by atoms with Crippen molar-refractivity contribution in [3.8, 4) is 28.7 Å². The summed E-state index contributed by atoms with van der Waals surface area (Å²) in [6, 6.07) is 17.6. The van der Waals surface area contributed by atoms with Crippen LogP contribution in [-0.2, 0) is 27.2 Å². The highest BCUT2D eigenvalue weighted by Gasteiger charge is 2.33. The van der Waals surface area contributed by atoms with Gasteiger partial charge in [0.1, 0.15) is 23.6 Å². The second-order valence-corrected chi connectivity index (χ2v) is 12.5. The van der Waals surface area contributed by atoms with Crippen molar-refractivity contribution in [2.45, 2.75) is 65.0 Å². The summed E-state index contributed by atoms with van der Waals surface area (Å²) in [6.45, 7) is 7.31. The fourth-order valence-electron chi connectivity index (χ4n) is 5.30. The fourth-order valence-corrected chi connectivity index (χ4v) is 5.30. The largest absolute Gasteiger partial charge is 0.493 e. The van der Waals surface area contributed by atoms with Crippen molar-refractivity contribution in [3.63, 3.8) is 0 Å². The zero-order chi connectivity index (χ0) is 36.1. The quantitative estimate of drug-likeness (QED) is 0.127. The minimum atomic E-state index is -1.78. The molecule has 0 heterocycles. The van der Waals surface area contributed by atoms with E-state index in [4.69, 9.17) is 18.9 Å². The molecule has 13 heteroatoms. The standard InChI is InChI=1S/C36H48BN3O9/c1-22(2)16-31(37(44)45)39-36(43)33(23(3)4)40-35(42)28(18-25-19-29(46-5)34(48-7)30(20-25)47-6)38-32(41)21-24-12-11-15-27(17-24)49-26-13-9-8-10-14-26/h8-15,17,19-20,22-23,28,31,33,44-45H,16,18,21H2,1-7H3,(H,38,41)(H,39,43)(H,40,42)/t28-,31+,33-/m0/s1. The molecule has 0 unspecified atom stereocenters. The van der Waals surface area contributed by atoms with Gasteiger partial charge in [0.15, 0.2) is 11.5 Å². The van der Waals surface area contributed by atoms with E-state index in [-0.39, 0.29) is 24.7 Å². The highest BCUT2D eigenvalue weighted by Crippen LogP contribution is 2.38. The molecule has 0 spiro atoms. The van der Waals surface area contributed by atoms with Crippen LogP contribution in [0.5, 0.6) is 28.7 Å². The molecule has 0 radical (unpaired) electrons. The number of ether oxygens (including phenoxy) is 4. The smallest absolute Gasteiger partial charge is 0.475 e. The Morgan fingerprint density at radius 2 is 1.37 bits per heavy atom. The maximum absolute atomic E-state index is 13.9. The summed E-state index contributed by atoms with van der Waals surface area (Å²) in [5.41, 5.74) is 1.26. The molecule has 0 saturated heterocycles. The van der Waals surface area contributed by atoms with Gasteiger partial charge in [0.25, 0.3) is 0 Å². The first-order valence-corrected chi connectivity index (χ1v) is 16.2. The normalized spacial score (nSPS) is 12.8. The Morgan fingerprint density at radius 1 is 0.735 bits per heavy atom. The van der Waals surface area contributed by atoms with Crippen LogP contribution in [0.3, 0.4) is 0 Å². The lowest BCUT2D eigenvalue weighted by molar-refractivity contribution is -0.132. The molecule has 3 atom stereocenters. The number of carbonyl (C=O) groups is 3. The Hall–Kier alpha value is -4.75. The first-order valence-electron chi connectivity index (χ1n) is 16.2. The van der Waals surface area contributed by atoms with Crippen molar-refractivity contribution in [2.75, 3.05) is 21.3 Å². The van der Waals surface area contributed by atoms with Gasteiger partial charge in [-0.05, 0) is 65.8 Å². The molecule has 0 aromatic heterocycles. The van der Waals surface area contributed by atoms with Crippen LogP contribution in [-0.4, -0.2) is 74.2 Å². The SMILES string of the molecule is COc1cc(C[C@H](NC(=O)Cc2cccc(Oc3ccccc3)c2)C(=O)N[C@H](C(=O)N[C@H](CC(C)C)B(O)O)C(C)C)cc(OC)c1OC. The summed E-state index contributed by atoms with van der Waals surface area (Å²) in [7, 11) is 2.66. The van der Waals surface area contributed by atoms with Crippen molar-refractivity contribution >= 4 is 24.8 Å². The molecule has 264 valence electrons. The maximum atomic E-state index is 13.9. The van der Waals surface area contributed by atoms with Crippen LogP contribution in [0.15, 0.2) is 66.7 Å². The molecule has 3 aromatic carbocycles. The minimum Gasteiger partial charge on any atom is -0.493 e. The van der Waals surface area contributed by atoms with Gasteiger partial charge >= 0.3 is 7.12 Å². The van der Waals surface area contributed by atoms with Gasteiger partial charge in [-0.15, -0.1) is 0 Å². The maximum Gasteiger partial charge on any atom is 0.475 e. The molecular formula is C36H48BN3O9. The lowest BCUT2D eigenvalue weighted by Crippen LogP contribution is -2.59. The molecule has 0 aliphatic heterocycles. The van der Waals surface area contributed by atoms with Gasteiger partial charge in [0.05, 0.1) is 33.7 Å². The van der Waals surface area contributed by atoms with Crippen LogP contribution in [0.25, 0.3) is 0 Å². The minimum absolute atomic E-state index is 0.0171. The van der Waals surface area contributed by atoms with Crippen molar-refractivity contribution < 1.29 is 43.4 Å². The lowest BCUT2D eigenvalue weighted by atomic mass is 9.75. The molecule has 49 heavy (non-hydrogen) atoms. The van der Waals surface area contributed by atoms with Gasteiger partial charge < -0.3 is 44.9 Å². The summed E-state index contributed by atoms with van der Waals surface area (Å²) in [5, 5.41) is 28.0. The Kier molecular flexibility index (Phi) is 14.8. The summed E-state index contributed by atoms with van der Waals surface area (Å²) in [4.78, 5) is 40.8. The number of hydrogen-bond acceptors (Lipinski definition) is 9. The zero-order valence-corrected chi connectivity index (χ0v) is 29.2. The predicted molar refractivity (Wildman–Crippen MR) is 187 cm³/mol. The summed E-state index contributed by atoms with van der Waals surface area (Å²) in [5.74, 6) is -0.528. The van der Waals surface area contributed by atoms with Gasteiger partial charge in [-0.25, -0.2) is 0 Å². The summed E-state index contributed by atoms with van der Waals surface area (Å²) >= 11 is 0. The van der Waals surface area contributed by atoms with E-state index in [0.717, 1.165) is 0 Å². The second kappa shape index (κ2) is 18.7. The Balaban J connectivity index is 1.87. The highest BCUT2D eigenvalue weighted by molar-refractivity contribution is 6.43. The van der Waals surface area contributed by atoms with Crippen molar-refractivity contribution in [1.82, 2.24) is 16.0 Å². The number of carbonyl (C=O) groups excluding carboxylic acids is 3. The van der Waals surface area contributed by atoms with E-state index in [2.05, 4.69) is 16.0 Å². The number of para-hydroxylation sites is 1. The molecule has 0 bridgehead atoms. The number of nitrogens with one attached hydrogen (secondary N) is 3. The van der Waals surface area contributed by atoms with Gasteiger partial charge in [-0.3, -0.25) is 14.4 Å². The molecule has 5 N–H and O–H groups in total. The van der Waals surface area contributed by atoms with E-state index in [1.54, 1.807) is 50.2 Å². The number of benzene rings is 3. The van der Waals surface area contributed by atoms with E-state index in [0.29, 0.717) is 46.3 Å². The highest BCUT2D eigenvalue weighted by atomic mass is 16.5. The van der Waals surface area contributed by atoms with Crippen molar-refractivity contribution in [3.05, 3.63) is 77.9 Å². The third-order valence-corrected chi connectivity index (χ3v) is 7.72. The molecule has 12 nitrogen and oxygen atoms in total. The Labute approximate surface area is 288 Å². The van der Waals surface area contributed by atoms with Gasteiger partial charge in [0.2, 0.25) is 23.5 Å². The molecule has 0 saturated carbocycles. The molecule has 3 amide bonds.